The molecule has 6 rings (SSSR count). The van der Waals surface area contributed by atoms with Crippen LogP contribution >= 0.6 is 11.8 Å². The van der Waals surface area contributed by atoms with E-state index in [2.05, 4.69) is 17.1 Å². The molecular weight excluding hydrogens is 520 g/mol. The number of amides is 1. The van der Waals surface area contributed by atoms with Crippen LogP contribution in [0.25, 0.3) is 22.7 Å². The van der Waals surface area contributed by atoms with Gasteiger partial charge in [-0.05, 0) is 84.4 Å². The fraction of sp³-hybridized carbons (Fsp3) is 0.0938. The predicted octanol–water partition coefficient (Wildman–Crippen LogP) is 6.59. The van der Waals surface area contributed by atoms with Crippen LogP contribution in [-0.2, 0) is 16.0 Å². The highest BCUT2D eigenvalue weighted by molar-refractivity contribution is 8.18. The number of methoxy groups -OCH3 is 1. The van der Waals surface area contributed by atoms with Crippen LogP contribution in [0, 0.1) is 0 Å². The first-order chi connectivity index (χ1) is 19.6. The van der Waals surface area contributed by atoms with Gasteiger partial charge in [0.15, 0.2) is 5.17 Å². The number of fused-ring (bicyclic) bond motifs is 1. The monoisotopic (exact) mass is 546 g/mol. The van der Waals surface area contributed by atoms with Crippen LogP contribution in [0.5, 0.6) is 0 Å². The van der Waals surface area contributed by atoms with E-state index in [4.69, 9.17) is 9.73 Å². The summed E-state index contributed by atoms with van der Waals surface area (Å²) in [5.74, 6) is -0.458. The molecule has 1 saturated heterocycles. The van der Waals surface area contributed by atoms with Crippen molar-refractivity contribution in [2.75, 3.05) is 13.7 Å². The minimum absolute atomic E-state index is 0.0756. The number of hydrogen-bond acceptors (Lipinski definition) is 5. The second-order valence-electron chi connectivity index (χ2n) is 9.25. The average molecular weight is 547 g/mol. The first kappa shape index (κ1) is 25.5. The summed E-state index contributed by atoms with van der Waals surface area (Å²) in [6.45, 7) is 0.507. The van der Waals surface area contributed by atoms with Crippen molar-refractivity contribution < 1.29 is 14.3 Å². The molecule has 2 aromatic heterocycles. The topological polar surface area (TPSA) is 79.7 Å². The molecule has 1 aliphatic rings. The van der Waals surface area contributed by atoms with Gasteiger partial charge >= 0.3 is 5.97 Å². The van der Waals surface area contributed by atoms with Crippen molar-refractivity contribution in [1.29, 1.82) is 0 Å². The minimum atomic E-state index is -0.382. The molecular formula is C32H26N4O3S. The average Bonchev–Trinajstić information content (AvgIpc) is 3.70. The zero-order valence-electron chi connectivity index (χ0n) is 21.8. The zero-order valence-corrected chi connectivity index (χ0v) is 22.6. The number of thioether (sulfide) groups is 1. The fourth-order valence-electron chi connectivity index (χ4n) is 4.73. The number of hydrogen-bond donors (Lipinski definition) is 1. The number of nitrogens with zero attached hydrogens (tertiary/aromatic N) is 3. The largest absolute Gasteiger partial charge is 0.465 e. The molecule has 1 aliphatic heterocycles. The van der Waals surface area contributed by atoms with E-state index >= 15 is 0 Å². The van der Waals surface area contributed by atoms with Crippen LogP contribution in [0.2, 0.25) is 0 Å². The third kappa shape index (κ3) is 5.09. The van der Waals surface area contributed by atoms with Gasteiger partial charge in [0.25, 0.3) is 5.91 Å². The second kappa shape index (κ2) is 11.1. The molecule has 1 N–H and O–H groups in total. The number of ether oxygens (including phenoxy) is 1. The van der Waals surface area contributed by atoms with E-state index in [1.54, 1.807) is 17.0 Å². The molecule has 5 aromatic rings. The maximum atomic E-state index is 13.7. The summed E-state index contributed by atoms with van der Waals surface area (Å²) in [6, 6.07) is 28.9. The summed E-state index contributed by atoms with van der Waals surface area (Å²) < 4.78 is 6.78. The van der Waals surface area contributed by atoms with E-state index in [0.29, 0.717) is 28.6 Å². The number of amidine groups is 1. The van der Waals surface area contributed by atoms with Crippen molar-refractivity contribution in [3.8, 4) is 5.69 Å². The van der Waals surface area contributed by atoms with Gasteiger partial charge in [0.1, 0.15) is 0 Å². The lowest BCUT2D eigenvalue weighted by Gasteiger charge is -2.15. The Hall–Kier alpha value is -4.82. The summed E-state index contributed by atoms with van der Waals surface area (Å²) in [5.41, 5.74) is 5.24. The number of H-pyrrole nitrogens is 1. The number of para-hydroxylation sites is 2. The number of benzene rings is 3. The van der Waals surface area contributed by atoms with Gasteiger partial charge in [-0.25, -0.2) is 9.79 Å². The highest BCUT2D eigenvalue weighted by Crippen LogP contribution is 2.35. The molecule has 1 amide bonds. The van der Waals surface area contributed by atoms with Crippen LogP contribution in [0.15, 0.2) is 113 Å². The Balaban J connectivity index is 1.30. The smallest absolute Gasteiger partial charge is 0.337 e. The normalized spacial score (nSPS) is 15.4. The molecule has 1 fully saturated rings. The number of carbonyl (C=O) groups excluding carboxylic acids is 2. The molecule has 3 heterocycles. The number of carbonyl (C=O) groups is 2. The van der Waals surface area contributed by atoms with Crippen molar-refractivity contribution in [1.82, 2.24) is 14.5 Å². The number of rotatable bonds is 7. The van der Waals surface area contributed by atoms with Crippen LogP contribution in [-0.4, -0.2) is 45.1 Å². The Morgan fingerprint density at radius 2 is 1.75 bits per heavy atom. The van der Waals surface area contributed by atoms with Gasteiger partial charge in [-0.3, -0.25) is 9.69 Å². The lowest BCUT2D eigenvalue weighted by Crippen LogP contribution is -2.31. The standard InChI is InChI=1S/C32H26N4O3S/c1-39-31(38)22-13-15-25(16-14-22)35-18-7-10-26(35)20-29-30(37)36(32(40-29)34-24-8-3-2-4-9-24)19-17-23-21-33-28-12-6-5-11-27(23)28/h2-16,18,20-21,33H,17,19H2,1H3/b29-20-,34-32?. The Bertz CT molecular complexity index is 1750. The summed E-state index contributed by atoms with van der Waals surface area (Å²) in [4.78, 5) is 36.1. The lowest BCUT2D eigenvalue weighted by molar-refractivity contribution is -0.122. The van der Waals surface area contributed by atoms with E-state index in [0.717, 1.165) is 33.5 Å². The minimum Gasteiger partial charge on any atom is -0.465 e. The molecule has 0 bridgehead atoms. The van der Waals surface area contributed by atoms with Crippen molar-refractivity contribution >= 4 is 51.5 Å². The van der Waals surface area contributed by atoms with Crippen molar-refractivity contribution in [3.63, 3.8) is 0 Å². The Morgan fingerprint density at radius 1 is 0.975 bits per heavy atom. The molecule has 40 heavy (non-hydrogen) atoms. The predicted molar refractivity (Wildman–Crippen MR) is 160 cm³/mol. The number of aliphatic imine (C=N–C) groups is 1. The molecule has 0 atom stereocenters. The molecule has 0 saturated carbocycles. The molecule has 0 aliphatic carbocycles. The lowest BCUT2D eigenvalue weighted by atomic mass is 10.1. The molecule has 0 spiro atoms. The zero-order chi connectivity index (χ0) is 27.5. The van der Waals surface area contributed by atoms with Gasteiger partial charge in [-0.1, -0.05) is 36.4 Å². The highest BCUT2D eigenvalue weighted by atomic mass is 32.2. The molecule has 0 unspecified atom stereocenters. The molecule has 3 aromatic carbocycles. The van der Waals surface area contributed by atoms with Gasteiger partial charge < -0.3 is 14.3 Å². The quantitative estimate of drug-likeness (QED) is 0.184. The van der Waals surface area contributed by atoms with Gasteiger partial charge in [0, 0.05) is 41.2 Å². The van der Waals surface area contributed by atoms with Gasteiger partial charge in [-0.2, -0.15) is 0 Å². The third-order valence-electron chi connectivity index (χ3n) is 6.77. The van der Waals surface area contributed by atoms with Gasteiger partial charge in [0.05, 0.1) is 23.3 Å². The van der Waals surface area contributed by atoms with Crippen LogP contribution in [0.3, 0.4) is 0 Å². The number of aromatic amines is 1. The summed E-state index contributed by atoms with van der Waals surface area (Å²) in [5, 5.41) is 1.82. The van der Waals surface area contributed by atoms with Crippen LogP contribution in [0.1, 0.15) is 21.6 Å². The summed E-state index contributed by atoms with van der Waals surface area (Å²) in [7, 11) is 1.36. The molecule has 198 valence electrons. The number of nitrogens with one attached hydrogen (secondary N) is 1. The van der Waals surface area contributed by atoms with E-state index < -0.39 is 0 Å². The van der Waals surface area contributed by atoms with Gasteiger partial charge in [0.2, 0.25) is 0 Å². The van der Waals surface area contributed by atoms with E-state index in [9.17, 15) is 9.59 Å². The summed E-state index contributed by atoms with van der Waals surface area (Å²) >= 11 is 1.38. The number of aromatic nitrogens is 2. The van der Waals surface area contributed by atoms with Crippen molar-refractivity contribution in [2.24, 2.45) is 4.99 Å². The SMILES string of the molecule is COC(=O)c1ccc(-n2cccc2/C=C2\SC(=Nc3ccccc3)N(CCc3c[nH]c4ccccc34)C2=O)cc1. The third-order valence-corrected chi connectivity index (χ3v) is 7.78. The van der Waals surface area contributed by atoms with Crippen LogP contribution < -0.4 is 0 Å². The molecule has 0 radical (unpaired) electrons. The Labute approximate surface area is 235 Å². The maximum Gasteiger partial charge on any atom is 0.337 e. The van der Waals surface area contributed by atoms with E-state index in [1.807, 2.05) is 89.8 Å². The van der Waals surface area contributed by atoms with Crippen molar-refractivity contribution in [2.45, 2.75) is 6.42 Å². The summed E-state index contributed by atoms with van der Waals surface area (Å²) in [6.07, 6.45) is 6.53. The highest BCUT2D eigenvalue weighted by Gasteiger charge is 2.33. The second-order valence-corrected chi connectivity index (χ2v) is 10.3. The maximum absolute atomic E-state index is 13.7. The fourth-order valence-corrected chi connectivity index (χ4v) is 5.74. The first-order valence-corrected chi connectivity index (χ1v) is 13.7. The number of esters is 1. The van der Waals surface area contributed by atoms with E-state index in [1.165, 1.54) is 18.9 Å². The van der Waals surface area contributed by atoms with Gasteiger partial charge in [-0.15, -0.1) is 0 Å². The van der Waals surface area contributed by atoms with Crippen LogP contribution in [0.4, 0.5) is 5.69 Å². The molecule has 8 heteroatoms. The Kier molecular flexibility index (Phi) is 7.08. The Morgan fingerprint density at radius 3 is 2.55 bits per heavy atom. The van der Waals surface area contributed by atoms with Crippen molar-refractivity contribution in [3.05, 3.63) is 125 Å². The molecule has 7 nitrogen and oxygen atoms in total. The van der Waals surface area contributed by atoms with E-state index in [-0.39, 0.29) is 11.9 Å². The first-order valence-electron chi connectivity index (χ1n) is 12.9.